The maximum absolute atomic E-state index is 12.8. The van der Waals surface area contributed by atoms with Gasteiger partial charge in [0.05, 0.1) is 28.8 Å². The Balaban J connectivity index is 1.55. The first-order valence-electron chi connectivity index (χ1n) is 9.95. The summed E-state index contributed by atoms with van der Waals surface area (Å²) in [6, 6.07) is 9.29. The number of hydrogen-bond acceptors (Lipinski definition) is 5. The lowest BCUT2D eigenvalue weighted by molar-refractivity contribution is -0.151. The van der Waals surface area contributed by atoms with Crippen molar-refractivity contribution in [2.24, 2.45) is 5.92 Å². The topological polar surface area (TPSA) is 84.9 Å². The molecule has 1 N–H and O–H groups in total. The van der Waals surface area contributed by atoms with Crippen LogP contribution in [0.1, 0.15) is 18.9 Å². The second-order valence-corrected chi connectivity index (χ2v) is 7.59. The Bertz CT molecular complexity index is 1040. The number of carbonyl (C=O) groups excluding carboxylic acids is 3. The third-order valence-electron chi connectivity index (χ3n) is 4.83. The van der Waals surface area contributed by atoms with Crippen molar-refractivity contribution in [3.63, 3.8) is 0 Å². The van der Waals surface area contributed by atoms with Gasteiger partial charge in [0, 0.05) is 18.7 Å². The highest BCUT2D eigenvalue weighted by Gasteiger charge is 2.36. The summed E-state index contributed by atoms with van der Waals surface area (Å²) in [6.07, 6.45) is -4.70. The summed E-state index contributed by atoms with van der Waals surface area (Å²) in [5, 5.41) is 2.09. The van der Waals surface area contributed by atoms with E-state index in [2.05, 4.69) is 5.32 Å². The highest BCUT2D eigenvalue weighted by Crippen LogP contribution is 2.34. The maximum Gasteiger partial charge on any atom is 0.416 e. The monoisotopic (exact) mass is 484 g/mol. The molecule has 0 spiro atoms. The minimum Gasteiger partial charge on any atom is -0.494 e. The van der Waals surface area contributed by atoms with Crippen LogP contribution < -0.4 is 15.0 Å². The van der Waals surface area contributed by atoms with Gasteiger partial charge in [-0.05, 0) is 49.4 Å². The van der Waals surface area contributed by atoms with Crippen molar-refractivity contribution in [2.75, 3.05) is 30.0 Å². The summed E-state index contributed by atoms with van der Waals surface area (Å²) in [6.45, 7) is 1.69. The fourth-order valence-corrected chi connectivity index (χ4v) is 3.41. The SMILES string of the molecule is CCOc1ccc(N2C[C@H](C(=O)OCC(=O)Nc3cc(C(F)(F)F)ccc3Cl)CC2=O)cc1. The predicted octanol–water partition coefficient (Wildman–Crippen LogP) is 4.29. The number of nitrogens with zero attached hydrogens (tertiary/aromatic N) is 1. The molecule has 0 saturated carbocycles. The van der Waals surface area contributed by atoms with Crippen molar-refractivity contribution in [2.45, 2.75) is 19.5 Å². The number of nitrogens with one attached hydrogen (secondary N) is 1. The van der Waals surface area contributed by atoms with Crippen LogP contribution in [-0.2, 0) is 25.3 Å². The number of esters is 1. The van der Waals surface area contributed by atoms with Crippen LogP contribution in [0, 0.1) is 5.92 Å². The lowest BCUT2D eigenvalue weighted by Gasteiger charge is -2.17. The standard InChI is InChI=1S/C22H20ClF3N2O5/c1-2-32-16-6-4-15(5-7-16)28-11-13(9-20(28)30)21(31)33-12-19(29)27-18-10-14(22(24,25)26)3-8-17(18)23/h3-8,10,13H,2,9,11-12H2,1H3,(H,27,29)/t13-/m1/s1. The summed E-state index contributed by atoms with van der Waals surface area (Å²) in [5.41, 5.74) is -0.654. The lowest BCUT2D eigenvalue weighted by atomic mass is 10.1. The average molecular weight is 485 g/mol. The Hall–Kier alpha value is -3.27. The van der Waals surface area contributed by atoms with Crippen molar-refractivity contribution in [1.82, 2.24) is 0 Å². The van der Waals surface area contributed by atoms with Crippen molar-refractivity contribution in [3.8, 4) is 5.75 Å². The Kier molecular flexibility index (Phi) is 7.47. The van der Waals surface area contributed by atoms with Crippen molar-refractivity contribution in [3.05, 3.63) is 53.1 Å². The van der Waals surface area contributed by atoms with E-state index in [0.717, 1.165) is 12.1 Å². The molecule has 2 amide bonds. The van der Waals surface area contributed by atoms with Gasteiger partial charge >= 0.3 is 12.1 Å². The number of ether oxygens (including phenoxy) is 2. The average Bonchev–Trinajstić information content (AvgIpc) is 3.15. The van der Waals surface area contributed by atoms with Gasteiger partial charge in [-0.15, -0.1) is 0 Å². The summed E-state index contributed by atoms with van der Waals surface area (Å²) in [5.74, 6) is -2.04. The first-order valence-corrected chi connectivity index (χ1v) is 10.3. The fraction of sp³-hybridized carbons (Fsp3) is 0.318. The fourth-order valence-electron chi connectivity index (χ4n) is 3.24. The first kappa shape index (κ1) is 24.4. The van der Waals surface area contributed by atoms with E-state index in [1.807, 2.05) is 6.92 Å². The second kappa shape index (κ2) is 10.1. The molecular formula is C22H20ClF3N2O5. The maximum atomic E-state index is 12.8. The van der Waals surface area contributed by atoms with E-state index < -0.39 is 36.1 Å². The Morgan fingerprint density at radius 3 is 2.52 bits per heavy atom. The highest BCUT2D eigenvalue weighted by molar-refractivity contribution is 6.33. The molecule has 1 atom stereocenters. The number of anilines is 2. The van der Waals surface area contributed by atoms with E-state index in [1.165, 1.54) is 4.90 Å². The van der Waals surface area contributed by atoms with Crippen LogP contribution in [0.2, 0.25) is 5.02 Å². The molecule has 1 heterocycles. The number of amides is 2. The molecule has 1 aliphatic heterocycles. The number of alkyl halides is 3. The van der Waals surface area contributed by atoms with Gasteiger partial charge in [-0.1, -0.05) is 11.6 Å². The molecule has 2 aromatic rings. The molecule has 0 bridgehead atoms. The third kappa shape index (κ3) is 6.16. The molecule has 0 aliphatic carbocycles. The molecule has 176 valence electrons. The van der Waals surface area contributed by atoms with Crippen LogP contribution in [0.4, 0.5) is 24.5 Å². The Morgan fingerprint density at radius 1 is 1.18 bits per heavy atom. The molecule has 1 aliphatic rings. The van der Waals surface area contributed by atoms with Crippen molar-refractivity contribution in [1.29, 1.82) is 0 Å². The first-order chi connectivity index (χ1) is 15.6. The molecule has 2 aromatic carbocycles. The number of hydrogen-bond donors (Lipinski definition) is 1. The van der Waals surface area contributed by atoms with Gasteiger partial charge in [-0.2, -0.15) is 13.2 Å². The van der Waals surface area contributed by atoms with Crippen LogP contribution >= 0.6 is 11.6 Å². The largest absolute Gasteiger partial charge is 0.494 e. The third-order valence-corrected chi connectivity index (χ3v) is 5.16. The summed E-state index contributed by atoms with van der Waals surface area (Å²) in [7, 11) is 0. The summed E-state index contributed by atoms with van der Waals surface area (Å²) < 4.78 is 48.8. The molecule has 11 heteroatoms. The minimum absolute atomic E-state index is 0.0761. The smallest absolute Gasteiger partial charge is 0.416 e. The van der Waals surface area contributed by atoms with Gasteiger partial charge in [0.15, 0.2) is 6.61 Å². The van der Waals surface area contributed by atoms with E-state index >= 15 is 0 Å². The second-order valence-electron chi connectivity index (χ2n) is 7.18. The van der Waals surface area contributed by atoms with Crippen LogP contribution in [0.5, 0.6) is 5.75 Å². The quantitative estimate of drug-likeness (QED) is 0.593. The number of halogens is 4. The number of benzene rings is 2. The molecule has 33 heavy (non-hydrogen) atoms. The predicted molar refractivity (Wildman–Crippen MR) is 114 cm³/mol. The van der Waals surface area contributed by atoms with E-state index in [9.17, 15) is 27.6 Å². The molecule has 0 unspecified atom stereocenters. The van der Waals surface area contributed by atoms with Gasteiger partial charge in [0.1, 0.15) is 5.75 Å². The highest BCUT2D eigenvalue weighted by atomic mass is 35.5. The van der Waals surface area contributed by atoms with Gasteiger partial charge in [-0.25, -0.2) is 0 Å². The zero-order chi connectivity index (χ0) is 24.2. The van der Waals surface area contributed by atoms with Crippen molar-refractivity contribution < 1.29 is 37.0 Å². The Morgan fingerprint density at radius 2 is 1.88 bits per heavy atom. The minimum atomic E-state index is -4.61. The molecule has 1 fully saturated rings. The lowest BCUT2D eigenvalue weighted by Crippen LogP contribution is -2.28. The summed E-state index contributed by atoms with van der Waals surface area (Å²) >= 11 is 5.83. The van der Waals surface area contributed by atoms with E-state index in [-0.39, 0.29) is 29.6 Å². The normalized spacial score (nSPS) is 16.0. The molecule has 7 nitrogen and oxygen atoms in total. The molecule has 3 rings (SSSR count). The van der Waals surface area contributed by atoms with Crippen LogP contribution in [0.25, 0.3) is 0 Å². The zero-order valence-electron chi connectivity index (χ0n) is 17.4. The van der Waals surface area contributed by atoms with E-state index in [4.69, 9.17) is 21.1 Å². The van der Waals surface area contributed by atoms with Gasteiger partial charge in [-0.3, -0.25) is 14.4 Å². The van der Waals surface area contributed by atoms with Crippen LogP contribution in [0.3, 0.4) is 0 Å². The van der Waals surface area contributed by atoms with Crippen LogP contribution in [0.15, 0.2) is 42.5 Å². The Labute approximate surface area is 192 Å². The summed E-state index contributed by atoms with van der Waals surface area (Å²) in [4.78, 5) is 38.2. The van der Waals surface area contributed by atoms with E-state index in [1.54, 1.807) is 24.3 Å². The molecular weight excluding hydrogens is 465 g/mol. The number of rotatable bonds is 7. The van der Waals surface area contributed by atoms with Gasteiger partial charge in [0.25, 0.3) is 5.91 Å². The van der Waals surface area contributed by atoms with Crippen molar-refractivity contribution >= 4 is 40.8 Å². The van der Waals surface area contributed by atoms with Crippen LogP contribution in [-0.4, -0.2) is 37.5 Å². The van der Waals surface area contributed by atoms with Gasteiger partial charge in [0.2, 0.25) is 5.91 Å². The molecule has 0 aromatic heterocycles. The number of carbonyl (C=O) groups is 3. The van der Waals surface area contributed by atoms with Gasteiger partial charge < -0.3 is 19.7 Å². The molecule has 1 saturated heterocycles. The zero-order valence-corrected chi connectivity index (χ0v) is 18.2. The van der Waals surface area contributed by atoms with E-state index in [0.29, 0.717) is 24.1 Å². The molecule has 0 radical (unpaired) electrons.